The second-order valence-electron chi connectivity index (χ2n) is 4.81. The van der Waals surface area contributed by atoms with E-state index >= 15 is 0 Å². The molecule has 0 heterocycles. The first kappa shape index (κ1) is 16.0. The van der Waals surface area contributed by atoms with Gasteiger partial charge in [0.25, 0.3) is 0 Å². The predicted molar refractivity (Wildman–Crippen MR) is 87.2 cm³/mol. The van der Waals surface area contributed by atoms with Crippen molar-refractivity contribution in [1.29, 1.82) is 0 Å². The van der Waals surface area contributed by atoms with Crippen LogP contribution in [0.2, 0.25) is 0 Å². The zero-order valence-corrected chi connectivity index (χ0v) is 13.8. The molecule has 0 amide bonds. The topological polar surface area (TPSA) is 21.3 Å². The van der Waals surface area contributed by atoms with E-state index in [-0.39, 0.29) is 11.9 Å². The number of halogens is 2. The minimum absolute atomic E-state index is 0.120. The fourth-order valence-corrected chi connectivity index (χ4v) is 2.79. The molecule has 1 atom stereocenters. The molecule has 2 aromatic rings. The van der Waals surface area contributed by atoms with Crippen LogP contribution >= 0.6 is 15.9 Å². The summed E-state index contributed by atoms with van der Waals surface area (Å²) < 4.78 is 20.2. The maximum atomic E-state index is 13.7. The molecule has 2 rings (SSSR count). The van der Waals surface area contributed by atoms with Crippen LogP contribution in [0.4, 0.5) is 4.39 Å². The van der Waals surface area contributed by atoms with Crippen LogP contribution in [0.15, 0.2) is 46.9 Å². The maximum Gasteiger partial charge on any atom is 0.124 e. The quantitative estimate of drug-likeness (QED) is 0.815. The molecule has 0 aliphatic heterocycles. The van der Waals surface area contributed by atoms with Gasteiger partial charge in [-0.2, -0.15) is 0 Å². The van der Waals surface area contributed by atoms with Crippen LogP contribution in [0.25, 0.3) is 0 Å². The van der Waals surface area contributed by atoms with E-state index in [9.17, 15) is 4.39 Å². The highest BCUT2D eigenvalue weighted by Crippen LogP contribution is 2.31. The van der Waals surface area contributed by atoms with Crippen molar-refractivity contribution in [3.05, 3.63) is 63.9 Å². The summed E-state index contributed by atoms with van der Waals surface area (Å²) in [5.74, 6) is 0.575. The first-order valence-electron chi connectivity index (χ1n) is 7.00. The van der Waals surface area contributed by atoms with Gasteiger partial charge in [-0.3, -0.25) is 0 Å². The van der Waals surface area contributed by atoms with E-state index in [1.165, 1.54) is 6.07 Å². The lowest BCUT2D eigenvalue weighted by Crippen LogP contribution is -2.19. The second kappa shape index (κ2) is 7.57. The molecule has 0 radical (unpaired) electrons. The zero-order valence-electron chi connectivity index (χ0n) is 12.2. The van der Waals surface area contributed by atoms with Gasteiger partial charge >= 0.3 is 0 Å². The van der Waals surface area contributed by atoms with Gasteiger partial charge in [0.1, 0.15) is 11.6 Å². The molecule has 0 saturated carbocycles. The van der Waals surface area contributed by atoms with Crippen molar-refractivity contribution in [3.8, 4) is 5.75 Å². The Kier molecular flexibility index (Phi) is 5.76. The molecule has 0 aliphatic carbocycles. The number of hydrogen-bond acceptors (Lipinski definition) is 2. The zero-order chi connectivity index (χ0) is 15.2. The minimum Gasteiger partial charge on any atom is -0.493 e. The van der Waals surface area contributed by atoms with Crippen LogP contribution in [0.1, 0.15) is 30.5 Å². The van der Waals surface area contributed by atoms with Crippen molar-refractivity contribution in [3.63, 3.8) is 0 Å². The Morgan fingerprint density at radius 3 is 2.67 bits per heavy atom. The third-order valence-corrected chi connectivity index (χ3v) is 3.66. The van der Waals surface area contributed by atoms with Crippen molar-refractivity contribution in [2.24, 2.45) is 0 Å². The summed E-state index contributed by atoms with van der Waals surface area (Å²) in [5, 5.41) is 3.24. The molecule has 112 valence electrons. The van der Waals surface area contributed by atoms with E-state index in [1.54, 1.807) is 6.07 Å². The van der Waals surface area contributed by atoms with Crippen LogP contribution in [0.5, 0.6) is 5.75 Å². The smallest absolute Gasteiger partial charge is 0.124 e. The lowest BCUT2D eigenvalue weighted by atomic mass is 9.98. The monoisotopic (exact) mass is 351 g/mol. The molecule has 0 aromatic heterocycles. The van der Waals surface area contributed by atoms with E-state index in [0.717, 1.165) is 27.8 Å². The molecule has 21 heavy (non-hydrogen) atoms. The Morgan fingerprint density at radius 1 is 1.24 bits per heavy atom. The Labute approximate surface area is 133 Å². The number of benzene rings is 2. The fourth-order valence-electron chi connectivity index (χ4n) is 2.31. The lowest BCUT2D eigenvalue weighted by molar-refractivity contribution is 0.312. The third-order valence-electron chi connectivity index (χ3n) is 3.20. The summed E-state index contributed by atoms with van der Waals surface area (Å²) in [6.45, 7) is 2.74. The highest BCUT2D eigenvalue weighted by Gasteiger charge is 2.17. The maximum absolute atomic E-state index is 13.7. The van der Waals surface area contributed by atoms with E-state index < -0.39 is 0 Å². The van der Waals surface area contributed by atoms with Crippen molar-refractivity contribution in [1.82, 2.24) is 5.32 Å². The third kappa shape index (κ3) is 4.05. The number of para-hydroxylation sites is 1. The summed E-state index contributed by atoms with van der Waals surface area (Å²) in [4.78, 5) is 0. The Balaban J connectivity index is 2.41. The van der Waals surface area contributed by atoms with Gasteiger partial charge in [0.2, 0.25) is 0 Å². The SMILES string of the molecule is CCCOc1ccccc1C(NC)c1cc(F)cc(Br)c1. The van der Waals surface area contributed by atoms with Crippen LogP contribution in [-0.2, 0) is 0 Å². The molecule has 0 fully saturated rings. The Morgan fingerprint density at radius 2 is 2.00 bits per heavy atom. The molecule has 0 saturated heterocycles. The van der Waals surface area contributed by atoms with Crippen LogP contribution < -0.4 is 10.1 Å². The van der Waals surface area contributed by atoms with E-state index in [2.05, 4.69) is 28.2 Å². The van der Waals surface area contributed by atoms with Gasteiger partial charge in [0.05, 0.1) is 12.6 Å². The summed E-state index contributed by atoms with van der Waals surface area (Å²) in [6.07, 6.45) is 0.948. The van der Waals surface area contributed by atoms with Crippen LogP contribution in [0.3, 0.4) is 0 Å². The van der Waals surface area contributed by atoms with E-state index in [4.69, 9.17) is 4.74 Å². The molecular weight excluding hydrogens is 333 g/mol. The Hall–Kier alpha value is -1.39. The average Bonchev–Trinajstić information content (AvgIpc) is 2.46. The van der Waals surface area contributed by atoms with Gasteiger partial charge in [0, 0.05) is 10.0 Å². The standard InChI is InChI=1S/C17H19BrFNO/c1-3-8-21-16-7-5-4-6-15(16)17(20-2)12-9-13(18)11-14(19)10-12/h4-7,9-11,17,20H,3,8H2,1-2H3. The highest BCUT2D eigenvalue weighted by molar-refractivity contribution is 9.10. The summed E-state index contributed by atoms with van der Waals surface area (Å²) in [7, 11) is 1.86. The minimum atomic E-state index is -0.258. The van der Waals surface area contributed by atoms with E-state index in [0.29, 0.717) is 6.61 Å². The van der Waals surface area contributed by atoms with Crippen LogP contribution in [0, 0.1) is 5.82 Å². The molecular formula is C17H19BrFNO. The van der Waals surface area contributed by atoms with Crippen molar-refractivity contribution < 1.29 is 9.13 Å². The summed E-state index contributed by atoms with van der Waals surface area (Å²) in [5.41, 5.74) is 1.86. The predicted octanol–water partition coefficient (Wildman–Crippen LogP) is 4.69. The Bertz CT molecular complexity index is 583. The van der Waals surface area contributed by atoms with Crippen LogP contribution in [-0.4, -0.2) is 13.7 Å². The number of rotatable bonds is 6. The summed E-state index contributed by atoms with van der Waals surface area (Å²) in [6, 6.07) is 12.7. The second-order valence-corrected chi connectivity index (χ2v) is 5.73. The first-order chi connectivity index (χ1) is 10.2. The van der Waals surface area contributed by atoms with Gasteiger partial charge in [-0.1, -0.05) is 41.1 Å². The normalized spacial score (nSPS) is 12.2. The molecule has 1 unspecified atom stereocenters. The highest BCUT2D eigenvalue weighted by atomic mass is 79.9. The van der Waals surface area contributed by atoms with Gasteiger partial charge < -0.3 is 10.1 Å². The average molecular weight is 352 g/mol. The number of hydrogen-bond donors (Lipinski definition) is 1. The molecule has 0 bridgehead atoms. The first-order valence-corrected chi connectivity index (χ1v) is 7.80. The molecule has 0 aliphatic rings. The van der Waals surface area contributed by atoms with Gasteiger partial charge in [-0.05, 0) is 43.3 Å². The lowest BCUT2D eigenvalue weighted by Gasteiger charge is -2.21. The fraction of sp³-hybridized carbons (Fsp3) is 0.294. The summed E-state index contributed by atoms with van der Waals surface area (Å²) >= 11 is 3.34. The van der Waals surface area contributed by atoms with Gasteiger partial charge in [0.15, 0.2) is 0 Å². The van der Waals surface area contributed by atoms with Gasteiger partial charge in [-0.25, -0.2) is 4.39 Å². The van der Waals surface area contributed by atoms with Crippen molar-refractivity contribution >= 4 is 15.9 Å². The molecule has 2 nitrogen and oxygen atoms in total. The molecule has 4 heteroatoms. The number of ether oxygens (including phenoxy) is 1. The van der Waals surface area contributed by atoms with Gasteiger partial charge in [-0.15, -0.1) is 0 Å². The van der Waals surface area contributed by atoms with E-state index in [1.807, 2.05) is 37.4 Å². The molecule has 0 spiro atoms. The number of nitrogens with one attached hydrogen (secondary N) is 1. The largest absolute Gasteiger partial charge is 0.493 e. The van der Waals surface area contributed by atoms with Crippen molar-refractivity contribution in [2.75, 3.05) is 13.7 Å². The van der Waals surface area contributed by atoms with Crippen molar-refractivity contribution in [2.45, 2.75) is 19.4 Å². The molecule has 2 aromatic carbocycles. The molecule has 1 N–H and O–H groups in total.